The van der Waals surface area contributed by atoms with Crippen LogP contribution < -0.4 is 5.32 Å². The fraction of sp³-hybridized carbons (Fsp3) is 0.526. The molecule has 1 atom stereocenters. The van der Waals surface area contributed by atoms with Crippen LogP contribution >= 0.6 is 0 Å². The summed E-state index contributed by atoms with van der Waals surface area (Å²) < 4.78 is 5.59. The monoisotopic (exact) mass is 301 g/mol. The number of carbonyl (C=O) groups excluding carboxylic acids is 1. The summed E-state index contributed by atoms with van der Waals surface area (Å²) in [6.07, 6.45) is 4.24. The fourth-order valence-corrected chi connectivity index (χ4v) is 2.63. The maximum atomic E-state index is 12.2. The van der Waals surface area contributed by atoms with Crippen LogP contribution in [0, 0.1) is 19.8 Å². The Balaban J connectivity index is 2.01. The molecule has 1 aromatic carbocycles. The third-order valence-electron chi connectivity index (χ3n) is 4.21. The Hall–Kier alpha value is -1.77. The molecule has 0 fully saturated rings. The molecule has 3 nitrogen and oxygen atoms in total. The minimum absolute atomic E-state index is 0.0668. The van der Waals surface area contributed by atoms with Gasteiger partial charge in [0, 0.05) is 17.0 Å². The third kappa shape index (κ3) is 4.12. The van der Waals surface area contributed by atoms with E-state index in [9.17, 15) is 4.79 Å². The van der Waals surface area contributed by atoms with Crippen molar-refractivity contribution in [3.63, 3.8) is 0 Å². The van der Waals surface area contributed by atoms with Gasteiger partial charge in [-0.05, 0) is 62.8 Å². The van der Waals surface area contributed by atoms with Gasteiger partial charge in [0.2, 0.25) is 5.91 Å². The quantitative estimate of drug-likeness (QED) is 0.851. The second kappa shape index (κ2) is 6.99. The first-order valence-electron chi connectivity index (χ1n) is 8.13. The Morgan fingerprint density at radius 3 is 2.50 bits per heavy atom. The number of nitrogens with one attached hydrogen (secondary N) is 1. The summed E-state index contributed by atoms with van der Waals surface area (Å²) in [5.41, 5.74) is 4.26. The zero-order valence-electron chi connectivity index (χ0n) is 14.3. The lowest BCUT2D eigenvalue weighted by molar-refractivity contribution is -0.121. The van der Waals surface area contributed by atoms with Crippen LogP contribution in [0.15, 0.2) is 22.8 Å². The molecule has 0 spiro atoms. The molecule has 0 saturated carbocycles. The molecule has 3 heteroatoms. The molecule has 2 aromatic rings. The van der Waals surface area contributed by atoms with Crippen LogP contribution in [0.25, 0.3) is 11.0 Å². The highest BCUT2D eigenvalue weighted by atomic mass is 16.3. The van der Waals surface area contributed by atoms with Gasteiger partial charge in [0.25, 0.3) is 0 Å². The van der Waals surface area contributed by atoms with Crippen molar-refractivity contribution >= 4 is 16.9 Å². The Morgan fingerprint density at radius 2 is 1.82 bits per heavy atom. The molecule has 1 N–H and O–H groups in total. The molecule has 1 amide bonds. The fourth-order valence-electron chi connectivity index (χ4n) is 2.63. The van der Waals surface area contributed by atoms with E-state index in [2.05, 4.69) is 46.0 Å². The molecule has 1 heterocycles. The van der Waals surface area contributed by atoms with Crippen molar-refractivity contribution in [1.29, 1.82) is 0 Å². The second-order valence-corrected chi connectivity index (χ2v) is 6.81. The second-order valence-electron chi connectivity index (χ2n) is 6.81. The first-order valence-corrected chi connectivity index (χ1v) is 8.13. The van der Waals surface area contributed by atoms with Crippen LogP contribution in [-0.4, -0.2) is 11.9 Å². The summed E-state index contributed by atoms with van der Waals surface area (Å²) in [6, 6.07) is 4.37. The van der Waals surface area contributed by atoms with Gasteiger partial charge in [-0.2, -0.15) is 0 Å². The Bertz CT molecular complexity index is 655. The van der Waals surface area contributed by atoms with Crippen molar-refractivity contribution in [1.82, 2.24) is 5.32 Å². The summed E-state index contributed by atoms with van der Waals surface area (Å²) in [7, 11) is 0. The minimum Gasteiger partial charge on any atom is -0.464 e. The summed E-state index contributed by atoms with van der Waals surface area (Å²) in [5.74, 6) is 0.737. The molecule has 0 radical (unpaired) electrons. The molecule has 120 valence electrons. The van der Waals surface area contributed by atoms with Crippen LogP contribution in [0.3, 0.4) is 0 Å². The van der Waals surface area contributed by atoms with Crippen molar-refractivity contribution in [2.75, 3.05) is 0 Å². The molecule has 1 unspecified atom stereocenters. The highest BCUT2D eigenvalue weighted by Crippen LogP contribution is 2.25. The first-order chi connectivity index (χ1) is 10.4. The first kappa shape index (κ1) is 16.6. The van der Waals surface area contributed by atoms with Gasteiger partial charge in [-0.25, -0.2) is 0 Å². The highest BCUT2D eigenvalue weighted by molar-refractivity contribution is 5.88. The van der Waals surface area contributed by atoms with Crippen LogP contribution in [-0.2, 0) is 11.2 Å². The summed E-state index contributed by atoms with van der Waals surface area (Å²) in [4.78, 5) is 12.2. The largest absolute Gasteiger partial charge is 0.464 e. The zero-order valence-corrected chi connectivity index (χ0v) is 14.3. The molecule has 2 rings (SSSR count). The SMILES string of the molecule is Cc1cc2occ(CC(=O)NC(C)CCC(C)C)c2cc1C. The Morgan fingerprint density at radius 1 is 1.14 bits per heavy atom. The molecule has 22 heavy (non-hydrogen) atoms. The number of fused-ring (bicyclic) bond motifs is 1. The van der Waals surface area contributed by atoms with E-state index in [1.165, 1.54) is 11.1 Å². The summed E-state index contributed by atoms with van der Waals surface area (Å²) >= 11 is 0. The van der Waals surface area contributed by atoms with E-state index < -0.39 is 0 Å². The highest BCUT2D eigenvalue weighted by Gasteiger charge is 2.13. The molecule has 1 aromatic heterocycles. The van der Waals surface area contributed by atoms with E-state index in [1.54, 1.807) is 6.26 Å². The van der Waals surface area contributed by atoms with E-state index in [0.717, 1.165) is 29.4 Å². The van der Waals surface area contributed by atoms with Crippen LogP contribution in [0.4, 0.5) is 0 Å². The standard InChI is InChI=1S/C19H27NO2/c1-12(2)6-7-15(5)20-19(21)10-16-11-22-18-9-14(4)13(3)8-17(16)18/h8-9,11-12,15H,6-7,10H2,1-5H3,(H,20,21). The average Bonchev–Trinajstić information content (AvgIpc) is 2.79. The predicted molar refractivity (Wildman–Crippen MR) is 91.1 cm³/mol. The summed E-state index contributed by atoms with van der Waals surface area (Å²) in [5, 5.41) is 4.13. The van der Waals surface area contributed by atoms with E-state index >= 15 is 0 Å². The summed E-state index contributed by atoms with van der Waals surface area (Å²) in [6.45, 7) is 10.6. The number of aryl methyl sites for hydroxylation is 2. The Kier molecular flexibility index (Phi) is 5.28. The zero-order chi connectivity index (χ0) is 16.3. The van der Waals surface area contributed by atoms with Crippen LogP contribution in [0.1, 0.15) is 50.3 Å². The molecule has 0 aliphatic carbocycles. The smallest absolute Gasteiger partial charge is 0.224 e. The normalized spacial score (nSPS) is 12.8. The van der Waals surface area contributed by atoms with Gasteiger partial charge >= 0.3 is 0 Å². The van der Waals surface area contributed by atoms with Gasteiger partial charge < -0.3 is 9.73 Å². The average molecular weight is 301 g/mol. The van der Waals surface area contributed by atoms with E-state index in [-0.39, 0.29) is 11.9 Å². The van der Waals surface area contributed by atoms with E-state index in [1.807, 2.05) is 6.07 Å². The number of carbonyl (C=O) groups is 1. The third-order valence-corrected chi connectivity index (χ3v) is 4.21. The lowest BCUT2D eigenvalue weighted by Gasteiger charge is -2.14. The minimum atomic E-state index is 0.0668. The maximum Gasteiger partial charge on any atom is 0.224 e. The molecule has 0 saturated heterocycles. The number of benzene rings is 1. The topological polar surface area (TPSA) is 42.2 Å². The number of furan rings is 1. The van der Waals surface area contributed by atoms with Crippen molar-refractivity contribution in [2.45, 2.75) is 59.9 Å². The van der Waals surface area contributed by atoms with Crippen LogP contribution in [0.5, 0.6) is 0 Å². The molecule has 0 aliphatic rings. The lowest BCUT2D eigenvalue weighted by atomic mass is 10.0. The molecule has 0 bridgehead atoms. The van der Waals surface area contributed by atoms with Gasteiger partial charge in [-0.1, -0.05) is 13.8 Å². The van der Waals surface area contributed by atoms with Crippen molar-refractivity contribution < 1.29 is 9.21 Å². The number of hydrogen-bond acceptors (Lipinski definition) is 2. The number of rotatable bonds is 6. The van der Waals surface area contributed by atoms with E-state index in [4.69, 9.17) is 4.42 Å². The van der Waals surface area contributed by atoms with Gasteiger partial charge in [-0.15, -0.1) is 0 Å². The predicted octanol–water partition coefficient (Wildman–Crippen LogP) is 4.53. The van der Waals surface area contributed by atoms with Crippen molar-refractivity contribution in [2.24, 2.45) is 5.92 Å². The molecule has 0 aliphatic heterocycles. The number of hydrogen-bond donors (Lipinski definition) is 1. The van der Waals surface area contributed by atoms with Gasteiger partial charge in [0.1, 0.15) is 5.58 Å². The maximum absolute atomic E-state index is 12.2. The molecular weight excluding hydrogens is 274 g/mol. The lowest BCUT2D eigenvalue weighted by Crippen LogP contribution is -2.33. The van der Waals surface area contributed by atoms with Gasteiger partial charge in [0.15, 0.2) is 0 Å². The van der Waals surface area contributed by atoms with Gasteiger partial charge in [0.05, 0.1) is 12.7 Å². The van der Waals surface area contributed by atoms with Gasteiger partial charge in [-0.3, -0.25) is 4.79 Å². The van der Waals surface area contributed by atoms with Crippen molar-refractivity contribution in [3.8, 4) is 0 Å². The van der Waals surface area contributed by atoms with Crippen molar-refractivity contribution in [3.05, 3.63) is 35.1 Å². The Labute approximate surface area is 133 Å². The van der Waals surface area contributed by atoms with E-state index in [0.29, 0.717) is 12.3 Å². The van der Waals surface area contributed by atoms with Crippen LogP contribution in [0.2, 0.25) is 0 Å². The number of amides is 1. The molecular formula is C19H27NO2.